The van der Waals surface area contributed by atoms with Gasteiger partial charge < -0.3 is 20.7 Å². The summed E-state index contributed by atoms with van der Waals surface area (Å²) in [5, 5.41) is 9.37. The molecule has 27 heavy (non-hydrogen) atoms. The first kappa shape index (κ1) is 20.1. The van der Waals surface area contributed by atoms with E-state index in [0.717, 1.165) is 45.1 Å². The Kier molecular flexibility index (Phi) is 7.50. The second-order valence-corrected chi connectivity index (χ2v) is 7.72. The van der Waals surface area contributed by atoms with E-state index in [-0.39, 0.29) is 30.5 Å². The minimum absolute atomic E-state index is 0.158. The van der Waals surface area contributed by atoms with Crippen LogP contribution < -0.4 is 16.0 Å². The average Bonchev–Trinajstić information content (AvgIpc) is 3.17. The zero-order chi connectivity index (χ0) is 19.1. The van der Waals surface area contributed by atoms with Crippen LogP contribution in [0.3, 0.4) is 0 Å². The molecule has 7 heteroatoms. The Morgan fingerprint density at radius 3 is 2.67 bits per heavy atom. The van der Waals surface area contributed by atoms with Crippen molar-refractivity contribution >= 4 is 29.1 Å². The number of benzene rings is 1. The smallest absolute Gasteiger partial charge is 0.253 e. The van der Waals surface area contributed by atoms with Gasteiger partial charge in [-0.25, -0.2) is 0 Å². The van der Waals surface area contributed by atoms with Crippen LogP contribution in [0.25, 0.3) is 0 Å². The van der Waals surface area contributed by atoms with Crippen molar-refractivity contribution in [3.05, 3.63) is 28.8 Å². The van der Waals surface area contributed by atoms with Gasteiger partial charge in [0.25, 0.3) is 5.91 Å². The number of carbonyl (C=O) groups excluding carboxylic acids is 2. The van der Waals surface area contributed by atoms with Gasteiger partial charge in [-0.3, -0.25) is 9.59 Å². The molecule has 2 amide bonds. The maximum atomic E-state index is 12.6. The number of hydrogen-bond acceptors (Lipinski definition) is 4. The molecule has 1 aromatic carbocycles. The Bertz CT molecular complexity index is 656. The van der Waals surface area contributed by atoms with Crippen LogP contribution in [0.5, 0.6) is 0 Å². The molecule has 1 aromatic rings. The van der Waals surface area contributed by atoms with Crippen molar-refractivity contribution in [3.63, 3.8) is 0 Å². The third-order valence-electron chi connectivity index (χ3n) is 5.12. The predicted molar refractivity (Wildman–Crippen MR) is 106 cm³/mol. The summed E-state index contributed by atoms with van der Waals surface area (Å²) in [4.78, 5) is 24.7. The zero-order valence-corrected chi connectivity index (χ0v) is 16.3. The van der Waals surface area contributed by atoms with Gasteiger partial charge in [-0.05, 0) is 43.9 Å². The molecule has 1 saturated heterocycles. The van der Waals surface area contributed by atoms with Gasteiger partial charge in [-0.1, -0.05) is 30.9 Å². The minimum atomic E-state index is -0.181. The molecule has 2 aliphatic rings. The zero-order valence-electron chi connectivity index (χ0n) is 15.6. The SMILES string of the molecule is O=C(CNCC1CCCO1)Nc1ccc(Cl)c(C(=O)NC2CCCCC2)c1. The fourth-order valence-electron chi connectivity index (χ4n) is 3.64. The summed E-state index contributed by atoms with van der Waals surface area (Å²) in [6.07, 6.45) is 7.85. The Balaban J connectivity index is 1.50. The van der Waals surface area contributed by atoms with E-state index in [4.69, 9.17) is 16.3 Å². The van der Waals surface area contributed by atoms with Crippen LogP contribution >= 0.6 is 11.6 Å². The van der Waals surface area contributed by atoms with Gasteiger partial charge >= 0.3 is 0 Å². The number of hydrogen-bond donors (Lipinski definition) is 3. The summed E-state index contributed by atoms with van der Waals surface area (Å²) in [6.45, 7) is 1.67. The summed E-state index contributed by atoms with van der Waals surface area (Å²) < 4.78 is 5.52. The first-order chi connectivity index (χ1) is 13.1. The number of ether oxygens (including phenoxy) is 1. The molecular formula is C20H28ClN3O3. The highest BCUT2D eigenvalue weighted by atomic mass is 35.5. The standard InChI is InChI=1S/C20H28ClN3O3/c21-18-9-8-15(23-19(25)13-22-12-16-7-4-10-27-16)11-17(18)20(26)24-14-5-2-1-3-6-14/h8-9,11,14,16,22H,1-7,10,12-13H2,(H,23,25)(H,24,26). The molecule has 148 valence electrons. The fraction of sp³-hybridized carbons (Fsp3) is 0.600. The number of rotatable bonds is 7. The minimum Gasteiger partial charge on any atom is -0.377 e. The first-order valence-corrected chi connectivity index (χ1v) is 10.2. The summed E-state index contributed by atoms with van der Waals surface area (Å²) in [7, 11) is 0. The molecule has 0 bridgehead atoms. The third-order valence-corrected chi connectivity index (χ3v) is 5.45. The molecule has 0 radical (unpaired) electrons. The van der Waals surface area contributed by atoms with Crippen LogP contribution in [0.4, 0.5) is 5.69 Å². The summed E-state index contributed by atoms with van der Waals surface area (Å²) in [5.74, 6) is -0.339. The maximum Gasteiger partial charge on any atom is 0.253 e. The van der Waals surface area contributed by atoms with Crippen LogP contribution in [-0.2, 0) is 9.53 Å². The molecule has 1 atom stereocenters. The van der Waals surface area contributed by atoms with Crippen molar-refractivity contribution in [2.75, 3.05) is 25.0 Å². The Labute approximate surface area is 165 Å². The van der Waals surface area contributed by atoms with Crippen LogP contribution in [-0.4, -0.2) is 43.7 Å². The molecule has 3 N–H and O–H groups in total. The first-order valence-electron chi connectivity index (χ1n) is 9.84. The lowest BCUT2D eigenvalue weighted by molar-refractivity contribution is -0.115. The van der Waals surface area contributed by atoms with Crippen molar-refractivity contribution in [3.8, 4) is 0 Å². The molecule has 3 rings (SSSR count). The molecule has 2 fully saturated rings. The van der Waals surface area contributed by atoms with Crippen molar-refractivity contribution in [2.45, 2.75) is 57.1 Å². The monoisotopic (exact) mass is 393 g/mol. The van der Waals surface area contributed by atoms with Crippen LogP contribution in [0.2, 0.25) is 5.02 Å². The molecule has 1 heterocycles. The summed E-state index contributed by atoms with van der Waals surface area (Å²) in [5.41, 5.74) is 0.962. The number of anilines is 1. The molecule has 1 unspecified atom stereocenters. The highest BCUT2D eigenvalue weighted by molar-refractivity contribution is 6.34. The van der Waals surface area contributed by atoms with Crippen LogP contribution in [0.15, 0.2) is 18.2 Å². The predicted octanol–water partition coefficient (Wildman–Crippen LogP) is 3.11. The van der Waals surface area contributed by atoms with Gasteiger partial charge in [0.05, 0.1) is 23.2 Å². The second-order valence-electron chi connectivity index (χ2n) is 7.32. The summed E-state index contributed by atoms with van der Waals surface area (Å²) >= 11 is 6.20. The van der Waals surface area contributed by atoms with Crippen LogP contribution in [0, 0.1) is 0 Å². The molecular weight excluding hydrogens is 366 g/mol. The highest BCUT2D eigenvalue weighted by Gasteiger charge is 2.19. The second kappa shape index (κ2) is 10.1. The normalized spacial score (nSPS) is 20.4. The Morgan fingerprint density at radius 2 is 1.93 bits per heavy atom. The largest absolute Gasteiger partial charge is 0.377 e. The molecule has 1 aliphatic heterocycles. The lowest BCUT2D eigenvalue weighted by Gasteiger charge is -2.23. The van der Waals surface area contributed by atoms with E-state index < -0.39 is 0 Å². The Hall–Kier alpha value is -1.63. The topological polar surface area (TPSA) is 79.5 Å². The quantitative estimate of drug-likeness (QED) is 0.665. The highest BCUT2D eigenvalue weighted by Crippen LogP contribution is 2.22. The van der Waals surface area contributed by atoms with Crippen molar-refractivity contribution < 1.29 is 14.3 Å². The van der Waals surface area contributed by atoms with E-state index in [2.05, 4.69) is 16.0 Å². The van der Waals surface area contributed by atoms with E-state index in [9.17, 15) is 9.59 Å². The van der Waals surface area contributed by atoms with E-state index in [1.54, 1.807) is 18.2 Å². The van der Waals surface area contributed by atoms with Crippen molar-refractivity contribution in [1.82, 2.24) is 10.6 Å². The number of halogens is 1. The third kappa shape index (κ3) is 6.19. The molecule has 1 aliphatic carbocycles. The van der Waals surface area contributed by atoms with Gasteiger partial charge in [-0.15, -0.1) is 0 Å². The van der Waals surface area contributed by atoms with E-state index in [1.807, 2.05) is 0 Å². The van der Waals surface area contributed by atoms with Crippen LogP contribution in [0.1, 0.15) is 55.3 Å². The maximum absolute atomic E-state index is 12.6. The fourth-order valence-corrected chi connectivity index (χ4v) is 3.85. The van der Waals surface area contributed by atoms with E-state index in [1.165, 1.54) is 6.42 Å². The molecule has 0 spiro atoms. The lowest BCUT2D eigenvalue weighted by Crippen LogP contribution is -2.36. The molecule has 6 nitrogen and oxygen atoms in total. The van der Waals surface area contributed by atoms with E-state index in [0.29, 0.717) is 22.8 Å². The van der Waals surface area contributed by atoms with Gasteiger partial charge in [0.1, 0.15) is 0 Å². The number of carbonyl (C=O) groups is 2. The molecule has 1 saturated carbocycles. The molecule has 0 aromatic heterocycles. The van der Waals surface area contributed by atoms with Crippen molar-refractivity contribution in [2.24, 2.45) is 0 Å². The van der Waals surface area contributed by atoms with Gasteiger partial charge in [0.15, 0.2) is 0 Å². The summed E-state index contributed by atoms with van der Waals surface area (Å²) in [6, 6.07) is 5.20. The number of amides is 2. The lowest BCUT2D eigenvalue weighted by atomic mass is 9.95. The number of nitrogens with one attached hydrogen (secondary N) is 3. The average molecular weight is 394 g/mol. The van der Waals surface area contributed by atoms with E-state index >= 15 is 0 Å². The van der Waals surface area contributed by atoms with Gasteiger partial charge in [0.2, 0.25) is 5.91 Å². The Morgan fingerprint density at radius 1 is 1.11 bits per heavy atom. The van der Waals surface area contributed by atoms with Crippen molar-refractivity contribution in [1.29, 1.82) is 0 Å². The van der Waals surface area contributed by atoms with Gasteiger partial charge in [-0.2, -0.15) is 0 Å². The van der Waals surface area contributed by atoms with Gasteiger partial charge in [0, 0.05) is 24.9 Å².